The predicted octanol–water partition coefficient (Wildman–Crippen LogP) is 3.62. The van der Waals surface area contributed by atoms with E-state index in [1.165, 1.54) is 23.1 Å². The van der Waals surface area contributed by atoms with Crippen molar-refractivity contribution in [1.29, 1.82) is 0 Å². The van der Waals surface area contributed by atoms with Crippen molar-refractivity contribution in [3.63, 3.8) is 0 Å². The van der Waals surface area contributed by atoms with Crippen LogP contribution in [0.5, 0.6) is 5.75 Å². The molecule has 0 radical (unpaired) electrons. The van der Waals surface area contributed by atoms with Gasteiger partial charge in [-0.3, -0.25) is 5.32 Å². The highest BCUT2D eigenvalue weighted by atomic mass is 19.1. The zero-order valence-corrected chi connectivity index (χ0v) is 17.6. The van der Waals surface area contributed by atoms with Gasteiger partial charge in [0.2, 0.25) is 0 Å². The summed E-state index contributed by atoms with van der Waals surface area (Å²) in [4.78, 5) is 4.32. The highest BCUT2D eigenvalue weighted by Gasteiger charge is 2.53. The Bertz CT molecular complexity index is 1240. The summed E-state index contributed by atoms with van der Waals surface area (Å²) in [7, 11) is 0. The molecule has 32 heavy (non-hydrogen) atoms. The normalized spacial score (nSPS) is 28.8. The maximum absolute atomic E-state index is 15.3. The second-order valence-electron chi connectivity index (χ2n) is 8.87. The monoisotopic (exact) mass is 436 g/mol. The van der Waals surface area contributed by atoms with E-state index >= 15 is 4.39 Å². The number of hydrogen-bond acceptors (Lipinski definition) is 6. The van der Waals surface area contributed by atoms with E-state index in [9.17, 15) is 9.50 Å². The van der Waals surface area contributed by atoms with Crippen molar-refractivity contribution in [1.82, 2.24) is 30.3 Å². The molecule has 0 aliphatic carbocycles. The molecule has 1 fully saturated rings. The number of hydrogen-bond donors (Lipinski definition) is 2. The second kappa shape index (κ2) is 7.03. The molecule has 0 spiro atoms. The van der Waals surface area contributed by atoms with Gasteiger partial charge in [0.1, 0.15) is 17.6 Å². The predicted molar refractivity (Wildman–Crippen MR) is 115 cm³/mol. The van der Waals surface area contributed by atoms with Crippen molar-refractivity contribution in [2.24, 2.45) is 5.92 Å². The highest BCUT2D eigenvalue weighted by Crippen LogP contribution is 2.46. The summed E-state index contributed by atoms with van der Waals surface area (Å²) in [6.45, 7) is 7.98. The lowest BCUT2D eigenvalue weighted by Gasteiger charge is -2.45. The van der Waals surface area contributed by atoms with Crippen LogP contribution in [0.4, 0.5) is 8.78 Å². The average molecular weight is 436 g/mol. The lowest BCUT2D eigenvalue weighted by molar-refractivity contribution is 0.0913. The third-order valence-corrected chi connectivity index (χ3v) is 6.30. The molecule has 4 heterocycles. The number of phenols is 1. The first-order valence-corrected chi connectivity index (χ1v) is 10.2. The summed E-state index contributed by atoms with van der Waals surface area (Å²) in [5.74, 6) is -0.796. The minimum atomic E-state index is -1.16. The summed E-state index contributed by atoms with van der Waals surface area (Å²) in [5, 5.41) is 26.0. The van der Waals surface area contributed by atoms with E-state index in [0.29, 0.717) is 28.9 Å². The Morgan fingerprint density at radius 3 is 2.72 bits per heavy atom. The molecule has 0 amide bonds. The Kier molecular flexibility index (Phi) is 4.49. The number of alkyl halides is 1. The first kappa shape index (κ1) is 20.4. The van der Waals surface area contributed by atoms with Crippen molar-refractivity contribution in [2.75, 3.05) is 0 Å². The summed E-state index contributed by atoms with van der Waals surface area (Å²) in [6.07, 6.45) is 7.08. The molecule has 5 rings (SSSR count). The van der Waals surface area contributed by atoms with Gasteiger partial charge in [-0.05, 0) is 38.0 Å². The molecule has 2 N–H and O–H groups in total. The Morgan fingerprint density at radius 1 is 1.25 bits per heavy atom. The number of aromatic nitrogens is 5. The summed E-state index contributed by atoms with van der Waals surface area (Å²) < 4.78 is 29.8. The van der Waals surface area contributed by atoms with Crippen LogP contribution in [0.2, 0.25) is 0 Å². The minimum absolute atomic E-state index is 0.0996. The standard InChI is InChI=1S/C23H22F2N6O/c1-13(17-9-22(2)6-7-23(3,30-22)20(17)25)18-11-26-21(29-28-18)16-5-4-15(8-19(16)32)31-12-14(24)10-27-31/h4-8,10-12,17,20,30,32H,1,9H2,2-3H3/t17-,20+,22+,23-/m1/s1. The Morgan fingerprint density at radius 2 is 2.06 bits per heavy atom. The maximum atomic E-state index is 15.3. The van der Waals surface area contributed by atoms with Crippen molar-refractivity contribution in [2.45, 2.75) is 37.5 Å². The molecule has 4 atom stereocenters. The lowest BCUT2D eigenvalue weighted by Crippen LogP contribution is -2.61. The SMILES string of the molecule is C=C(c1cnc(-c2ccc(-n3cc(F)cn3)cc2O)nn1)[C@H]1C[C@]2(C)C=C[C@@](C)(N2)[C@H]1F. The topological polar surface area (TPSA) is 88.8 Å². The molecule has 2 bridgehead atoms. The van der Waals surface area contributed by atoms with Crippen LogP contribution in [-0.2, 0) is 0 Å². The van der Waals surface area contributed by atoms with Crippen LogP contribution >= 0.6 is 0 Å². The fourth-order valence-corrected chi connectivity index (χ4v) is 4.64. The number of nitrogens with zero attached hydrogens (tertiary/aromatic N) is 5. The van der Waals surface area contributed by atoms with Gasteiger partial charge in [-0.25, -0.2) is 18.4 Å². The van der Waals surface area contributed by atoms with E-state index in [1.807, 2.05) is 26.0 Å². The average Bonchev–Trinajstić information content (AvgIpc) is 3.32. The van der Waals surface area contributed by atoms with Crippen LogP contribution < -0.4 is 5.32 Å². The largest absolute Gasteiger partial charge is 0.507 e. The fraction of sp³-hybridized carbons (Fsp3) is 0.304. The van der Waals surface area contributed by atoms with Gasteiger partial charge in [-0.2, -0.15) is 5.10 Å². The number of aromatic hydroxyl groups is 1. The van der Waals surface area contributed by atoms with Gasteiger partial charge in [0, 0.05) is 17.5 Å². The number of nitrogens with one attached hydrogen (secondary N) is 1. The highest BCUT2D eigenvalue weighted by molar-refractivity contribution is 5.67. The van der Waals surface area contributed by atoms with Crippen LogP contribution in [0.15, 0.2) is 55.5 Å². The van der Waals surface area contributed by atoms with E-state index in [1.54, 1.807) is 12.1 Å². The molecule has 2 aromatic heterocycles. The van der Waals surface area contributed by atoms with E-state index < -0.39 is 23.4 Å². The summed E-state index contributed by atoms with van der Waals surface area (Å²) in [5.41, 5.74) is 0.769. The number of allylic oxidation sites excluding steroid dienone is 1. The molecule has 7 nitrogen and oxygen atoms in total. The van der Waals surface area contributed by atoms with Crippen LogP contribution in [0.1, 0.15) is 26.0 Å². The van der Waals surface area contributed by atoms with Gasteiger partial charge in [-0.1, -0.05) is 18.7 Å². The van der Waals surface area contributed by atoms with Gasteiger partial charge in [0.15, 0.2) is 11.6 Å². The zero-order valence-electron chi connectivity index (χ0n) is 17.6. The molecule has 3 aromatic rings. The molecular weight excluding hydrogens is 414 g/mol. The summed E-state index contributed by atoms with van der Waals surface area (Å²) >= 11 is 0. The van der Waals surface area contributed by atoms with E-state index in [2.05, 4.69) is 32.2 Å². The zero-order chi connectivity index (χ0) is 22.7. The Hall–Kier alpha value is -3.46. The number of rotatable bonds is 4. The van der Waals surface area contributed by atoms with Gasteiger partial charge >= 0.3 is 0 Å². The van der Waals surface area contributed by atoms with E-state index in [4.69, 9.17) is 0 Å². The summed E-state index contributed by atoms with van der Waals surface area (Å²) in [6, 6.07) is 4.70. The van der Waals surface area contributed by atoms with E-state index in [0.717, 1.165) is 6.20 Å². The van der Waals surface area contributed by atoms with Gasteiger partial charge in [0.25, 0.3) is 0 Å². The van der Waals surface area contributed by atoms with Crippen LogP contribution in [0.25, 0.3) is 22.6 Å². The third-order valence-electron chi connectivity index (χ3n) is 6.30. The molecular formula is C23H22F2N6O. The van der Waals surface area contributed by atoms with Crippen LogP contribution in [0, 0.1) is 11.7 Å². The third kappa shape index (κ3) is 3.29. The fourth-order valence-electron chi connectivity index (χ4n) is 4.64. The minimum Gasteiger partial charge on any atom is -0.507 e. The smallest absolute Gasteiger partial charge is 0.185 e. The van der Waals surface area contributed by atoms with Crippen molar-refractivity contribution in [3.8, 4) is 22.8 Å². The second-order valence-corrected chi connectivity index (χ2v) is 8.87. The number of benzene rings is 1. The first-order valence-electron chi connectivity index (χ1n) is 10.2. The van der Waals surface area contributed by atoms with Crippen LogP contribution in [-0.4, -0.2) is 47.3 Å². The molecule has 1 aromatic carbocycles. The molecule has 2 aliphatic rings. The van der Waals surface area contributed by atoms with Crippen molar-refractivity contribution < 1.29 is 13.9 Å². The molecule has 0 unspecified atom stereocenters. The van der Waals surface area contributed by atoms with Gasteiger partial charge in [-0.15, -0.1) is 10.2 Å². The Balaban J connectivity index is 1.38. The molecule has 164 valence electrons. The van der Waals surface area contributed by atoms with Gasteiger partial charge in [0.05, 0.1) is 35.4 Å². The quantitative estimate of drug-likeness (QED) is 0.608. The number of phenolic OH excluding ortho intramolecular Hbond substituents is 1. The lowest BCUT2D eigenvalue weighted by atomic mass is 9.74. The maximum Gasteiger partial charge on any atom is 0.185 e. The number of fused-ring (bicyclic) bond motifs is 2. The van der Waals surface area contributed by atoms with E-state index in [-0.39, 0.29) is 17.1 Å². The van der Waals surface area contributed by atoms with Gasteiger partial charge < -0.3 is 5.11 Å². The van der Waals surface area contributed by atoms with Crippen molar-refractivity contribution >= 4 is 5.57 Å². The van der Waals surface area contributed by atoms with Crippen LogP contribution in [0.3, 0.4) is 0 Å². The molecule has 2 aliphatic heterocycles. The molecule has 0 saturated carbocycles. The number of halogens is 2. The Labute approximate surface area is 183 Å². The first-order chi connectivity index (χ1) is 15.2. The van der Waals surface area contributed by atoms with Crippen molar-refractivity contribution in [3.05, 3.63) is 67.0 Å². The number of piperidine rings is 1. The molecule has 9 heteroatoms. The molecule has 1 saturated heterocycles.